The van der Waals surface area contributed by atoms with Gasteiger partial charge in [0.15, 0.2) is 6.10 Å². The summed E-state index contributed by atoms with van der Waals surface area (Å²) in [6.07, 6.45) is -5.33. The Kier molecular flexibility index (Phi) is 4.03. The summed E-state index contributed by atoms with van der Waals surface area (Å²) in [6, 6.07) is 24.0. The first-order chi connectivity index (χ1) is 12.6. The molecule has 0 amide bonds. The van der Waals surface area contributed by atoms with Crippen molar-refractivity contribution in [2.24, 2.45) is 0 Å². The maximum absolute atomic E-state index is 14.1. The van der Waals surface area contributed by atoms with Crippen molar-refractivity contribution >= 4 is 11.1 Å². The smallest absolute Gasteiger partial charge is 0.417 e. The fourth-order valence-electron chi connectivity index (χ4n) is 3.32. The Labute approximate surface area is 149 Å². The monoisotopic (exact) mass is 352 g/mol. The Hall–Kier alpha value is -3.01. The van der Waals surface area contributed by atoms with Crippen LogP contribution in [0.3, 0.4) is 0 Å². The van der Waals surface area contributed by atoms with Gasteiger partial charge in [0.2, 0.25) is 0 Å². The summed E-state index contributed by atoms with van der Waals surface area (Å²) < 4.78 is 48.4. The van der Waals surface area contributed by atoms with Gasteiger partial charge in [-0.1, -0.05) is 78.9 Å². The van der Waals surface area contributed by atoms with E-state index in [4.69, 9.17) is 4.74 Å². The first-order valence-corrected chi connectivity index (χ1v) is 8.23. The average Bonchev–Trinajstić information content (AvgIpc) is 2.67. The number of hydrogen-bond acceptors (Lipinski definition) is 1. The van der Waals surface area contributed by atoms with E-state index in [1.54, 1.807) is 72.8 Å². The van der Waals surface area contributed by atoms with E-state index in [2.05, 4.69) is 0 Å². The molecule has 0 aliphatic carbocycles. The van der Waals surface area contributed by atoms with Crippen LogP contribution >= 0.6 is 0 Å². The predicted molar refractivity (Wildman–Crippen MR) is 95.6 cm³/mol. The van der Waals surface area contributed by atoms with Gasteiger partial charge in [0, 0.05) is 11.1 Å². The summed E-state index contributed by atoms with van der Waals surface area (Å²) in [5.74, 6) is 0.244. The Morgan fingerprint density at radius 3 is 1.92 bits per heavy atom. The zero-order chi connectivity index (χ0) is 18.1. The molecule has 1 atom stereocenters. The minimum absolute atomic E-state index is 0.0750. The van der Waals surface area contributed by atoms with E-state index < -0.39 is 17.9 Å². The summed E-state index contributed by atoms with van der Waals surface area (Å²) in [5.41, 5.74) is 0.763. The molecular formula is C22H15F3O. The number of ether oxygens (including phenoxy) is 1. The first kappa shape index (κ1) is 16.5. The second-order valence-electron chi connectivity index (χ2n) is 6.06. The van der Waals surface area contributed by atoms with Crippen LogP contribution in [-0.4, -0.2) is 6.18 Å². The lowest BCUT2D eigenvalue weighted by atomic mass is 9.85. The largest absolute Gasteiger partial charge is 0.480 e. The second-order valence-corrected chi connectivity index (χ2v) is 6.06. The number of benzene rings is 3. The lowest BCUT2D eigenvalue weighted by Crippen LogP contribution is -2.23. The molecule has 1 nitrogen and oxygen atoms in total. The molecule has 3 aromatic rings. The van der Waals surface area contributed by atoms with Crippen LogP contribution in [0.25, 0.3) is 11.1 Å². The molecule has 0 fully saturated rings. The standard InChI is InChI=1S/C22H15F3O/c23-22(24,25)20-17-13-7-8-14-18(17)26-21(16-11-5-2-6-12-16)19(20)15-9-3-1-4-10-15/h1-14,21H. The molecule has 130 valence electrons. The molecule has 4 rings (SSSR count). The van der Waals surface area contributed by atoms with Crippen molar-refractivity contribution in [3.8, 4) is 5.75 Å². The quantitative estimate of drug-likeness (QED) is 0.526. The third kappa shape index (κ3) is 2.88. The van der Waals surface area contributed by atoms with E-state index in [0.717, 1.165) is 0 Å². The van der Waals surface area contributed by atoms with Crippen molar-refractivity contribution < 1.29 is 17.9 Å². The molecule has 1 heterocycles. The molecule has 0 N–H and O–H groups in total. The third-order valence-corrected chi connectivity index (χ3v) is 4.40. The molecule has 4 heteroatoms. The van der Waals surface area contributed by atoms with E-state index in [1.807, 2.05) is 6.07 Å². The number of para-hydroxylation sites is 1. The fraction of sp³-hybridized carbons (Fsp3) is 0.0909. The van der Waals surface area contributed by atoms with Gasteiger partial charge in [-0.3, -0.25) is 0 Å². The topological polar surface area (TPSA) is 9.23 Å². The van der Waals surface area contributed by atoms with Crippen LogP contribution in [0.4, 0.5) is 13.2 Å². The van der Waals surface area contributed by atoms with Gasteiger partial charge in [0.05, 0.1) is 5.57 Å². The Balaban J connectivity index is 2.05. The third-order valence-electron chi connectivity index (χ3n) is 4.40. The van der Waals surface area contributed by atoms with E-state index >= 15 is 0 Å². The summed E-state index contributed by atoms with van der Waals surface area (Å²) >= 11 is 0. The molecule has 0 radical (unpaired) electrons. The number of allylic oxidation sites excluding steroid dienone is 1. The highest BCUT2D eigenvalue weighted by atomic mass is 19.4. The van der Waals surface area contributed by atoms with Crippen molar-refractivity contribution in [3.05, 3.63) is 102 Å². The van der Waals surface area contributed by atoms with E-state index in [0.29, 0.717) is 11.1 Å². The lowest BCUT2D eigenvalue weighted by molar-refractivity contribution is -0.0695. The van der Waals surface area contributed by atoms with Crippen LogP contribution in [0.2, 0.25) is 0 Å². The van der Waals surface area contributed by atoms with Crippen molar-refractivity contribution in [2.45, 2.75) is 12.3 Å². The molecule has 0 bridgehead atoms. The molecule has 0 saturated heterocycles. The van der Waals surface area contributed by atoms with Crippen molar-refractivity contribution in [2.75, 3.05) is 0 Å². The SMILES string of the molecule is FC(F)(F)C1=C(c2ccccc2)C(c2ccccc2)Oc2ccccc21. The van der Waals surface area contributed by atoms with Crippen molar-refractivity contribution in [1.82, 2.24) is 0 Å². The maximum Gasteiger partial charge on any atom is 0.417 e. The van der Waals surface area contributed by atoms with Gasteiger partial charge in [0.1, 0.15) is 5.75 Å². The van der Waals surface area contributed by atoms with Gasteiger partial charge in [-0.2, -0.15) is 13.2 Å². The van der Waals surface area contributed by atoms with Crippen molar-refractivity contribution in [3.63, 3.8) is 0 Å². The molecule has 0 spiro atoms. The van der Waals surface area contributed by atoms with Crippen LogP contribution in [0.5, 0.6) is 5.75 Å². The number of alkyl halides is 3. The molecule has 3 aromatic carbocycles. The van der Waals surface area contributed by atoms with Crippen molar-refractivity contribution in [1.29, 1.82) is 0 Å². The first-order valence-electron chi connectivity index (χ1n) is 8.23. The van der Waals surface area contributed by atoms with Gasteiger partial charge in [-0.05, 0) is 17.2 Å². The minimum Gasteiger partial charge on any atom is -0.480 e. The van der Waals surface area contributed by atoms with Gasteiger partial charge in [-0.15, -0.1) is 0 Å². The highest BCUT2D eigenvalue weighted by Gasteiger charge is 2.44. The molecule has 26 heavy (non-hydrogen) atoms. The van der Waals surface area contributed by atoms with E-state index in [-0.39, 0.29) is 16.9 Å². The number of halogens is 3. The summed E-state index contributed by atoms with van der Waals surface area (Å²) in [4.78, 5) is 0. The van der Waals surface area contributed by atoms with Crippen LogP contribution in [0.15, 0.2) is 84.9 Å². The molecular weight excluding hydrogens is 337 g/mol. The highest BCUT2D eigenvalue weighted by Crippen LogP contribution is 2.51. The summed E-state index contributed by atoms with van der Waals surface area (Å²) in [6.45, 7) is 0. The summed E-state index contributed by atoms with van der Waals surface area (Å²) in [7, 11) is 0. The molecule has 1 unspecified atom stereocenters. The molecule has 0 saturated carbocycles. The number of fused-ring (bicyclic) bond motifs is 1. The van der Waals surface area contributed by atoms with Gasteiger partial charge >= 0.3 is 6.18 Å². The zero-order valence-corrected chi connectivity index (χ0v) is 13.7. The maximum atomic E-state index is 14.1. The minimum atomic E-state index is -4.50. The average molecular weight is 352 g/mol. The second kappa shape index (κ2) is 6.37. The van der Waals surface area contributed by atoms with E-state index in [1.165, 1.54) is 6.07 Å². The van der Waals surface area contributed by atoms with Gasteiger partial charge in [-0.25, -0.2) is 0 Å². The summed E-state index contributed by atoms with van der Waals surface area (Å²) in [5, 5.41) is 0. The van der Waals surface area contributed by atoms with Crippen LogP contribution in [0, 0.1) is 0 Å². The Bertz CT molecular complexity index is 944. The molecule has 1 aliphatic heterocycles. The fourth-order valence-corrected chi connectivity index (χ4v) is 3.32. The zero-order valence-electron chi connectivity index (χ0n) is 13.7. The number of rotatable bonds is 2. The highest BCUT2D eigenvalue weighted by molar-refractivity contribution is 5.98. The lowest BCUT2D eigenvalue weighted by Gasteiger charge is -2.32. The van der Waals surface area contributed by atoms with Gasteiger partial charge in [0.25, 0.3) is 0 Å². The van der Waals surface area contributed by atoms with Crippen LogP contribution < -0.4 is 4.74 Å². The predicted octanol–water partition coefficient (Wildman–Crippen LogP) is 6.29. The molecule has 0 aromatic heterocycles. The Morgan fingerprint density at radius 2 is 1.27 bits per heavy atom. The number of hydrogen-bond donors (Lipinski definition) is 0. The van der Waals surface area contributed by atoms with Crippen LogP contribution in [0.1, 0.15) is 22.8 Å². The van der Waals surface area contributed by atoms with Gasteiger partial charge < -0.3 is 4.74 Å². The molecule has 1 aliphatic rings. The Morgan fingerprint density at radius 1 is 0.692 bits per heavy atom. The normalized spacial score (nSPS) is 16.8. The van der Waals surface area contributed by atoms with E-state index in [9.17, 15) is 13.2 Å². The van der Waals surface area contributed by atoms with Crippen LogP contribution in [-0.2, 0) is 0 Å².